The van der Waals surface area contributed by atoms with Crippen LogP contribution in [0.4, 0.5) is 8.63 Å². The molecule has 0 aliphatic heterocycles. The highest BCUT2D eigenvalue weighted by Crippen LogP contribution is 2.22. The van der Waals surface area contributed by atoms with Gasteiger partial charge < -0.3 is 9.39 Å². The summed E-state index contributed by atoms with van der Waals surface area (Å²) in [6, 6.07) is 14.8. The monoisotopic (exact) mass is 302 g/mol. The minimum Gasteiger partial charge on any atom is -0.505 e. The van der Waals surface area contributed by atoms with Crippen molar-refractivity contribution in [2.24, 2.45) is 0 Å². The van der Waals surface area contributed by atoms with Gasteiger partial charge in [-0.15, -0.1) is 0 Å². The van der Waals surface area contributed by atoms with Gasteiger partial charge in [0.1, 0.15) is 11.5 Å². The van der Waals surface area contributed by atoms with Crippen LogP contribution in [0, 0.1) is 0 Å². The van der Waals surface area contributed by atoms with Crippen molar-refractivity contribution >= 4 is 19.0 Å². The number of carbonyl (C=O) groups is 1. The maximum Gasteiger partial charge on any atom is 0.796 e. The molecule has 0 saturated carbocycles. The number of para-hydroxylation sites is 1. The van der Waals surface area contributed by atoms with E-state index in [-0.39, 0.29) is 11.3 Å². The fraction of sp³-hybridized carbons (Fsp3) is 0.0625. The number of methoxy groups -OCH3 is 1. The van der Waals surface area contributed by atoms with Crippen LogP contribution in [-0.4, -0.2) is 20.4 Å². The lowest BCUT2D eigenvalue weighted by Gasteiger charge is -2.09. The molecular weight excluding hydrogens is 289 g/mol. The third-order valence-electron chi connectivity index (χ3n) is 2.91. The third kappa shape index (κ3) is 3.94. The Bertz CT molecular complexity index is 672. The van der Waals surface area contributed by atoms with Crippen molar-refractivity contribution in [3.8, 4) is 5.75 Å². The molecule has 0 radical (unpaired) electrons. The maximum absolute atomic E-state index is 12.6. The summed E-state index contributed by atoms with van der Waals surface area (Å²) in [5.74, 6) is -0.295. The van der Waals surface area contributed by atoms with Crippen LogP contribution in [0.5, 0.6) is 5.75 Å². The molecule has 0 bridgehead atoms. The Hall–Kier alpha value is -2.63. The fourth-order valence-electron chi connectivity index (χ4n) is 1.93. The molecule has 0 fully saturated rings. The lowest BCUT2D eigenvalue weighted by atomic mass is 10.1. The highest BCUT2D eigenvalue weighted by molar-refractivity contribution is 6.36. The zero-order chi connectivity index (χ0) is 15.9. The predicted octanol–water partition coefficient (Wildman–Crippen LogP) is 3.86. The van der Waals surface area contributed by atoms with Crippen LogP contribution in [0.3, 0.4) is 0 Å². The summed E-state index contributed by atoms with van der Waals surface area (Å²) >= 11 is 0. The number of ether oxygens (including phenoxy) is 1. The quantitative estimate of drug-likeness (QED) is 0.352. The summed E-state index contributed by atoms with van der Waals surface area (Å²) in [7, 11) is -1.58. The first-order valence-corrected chi connectivity index (χ1v) is 6.51. The van der Waals surface area contributed by atoms with Crippen LogP contribution in [0.1, 0.15) is 15.9 Å². The van der Waals surface area contributed by atoms with Gasteiger partial charge >= 0.3 is 7.47 Å². The fourth-order valence-corrected chi connectivity index (χ4v) is 1.93. The van der Waals surface area contributed by atoms with Gasteiger partial charge in [-0.2, -0.15) is 0 Å². The summed E-state index contributed by atoms with van der Waals surface area (Å²) in [5.41, 5.74) is 0.669. The SMILES string of the molecule is COc1ccccc1C(=O)/C=C(\OB(F)F)c1ccccc1. The molecule has 0 aromatic heterocycles. The van der Waals surface area contributed by atoms with Crippen molar-refractivity contribution in [3.05, 3.63) is 71.8 Å². The minimum atomic E-state index is -3.02. The number of hydrogen-bond donors (Lipinski definition) is 0. The zero-order valence-electron chi connectivity index (χ0n) is 11.8. The van der Waals surface area contributed by atoms with Gasteiger partial charge in [0.2, 0.25) is 0 Å². The number of halogens is 2. The normalized spacial score (nSPS) is 11.0. The lowest BCUT2D eigenvalue weighted by Crippen LogP contribution is -2.07. The molecule has 0 saturated heterocycles. The second-order valence-electron chi connectivity index (χ2n) is 4.32. The van der Waals surface area contributed by atoms with E-state index < -0.39 is 13.3 Å². The van der Waals surface area contributed by atoms with Crippen LogP contribution < -0.4 is 4.74 Å². The van der Waals surface area contributed by atoms with Crippen molar-refractivity contribution in [2.45, 2.75) is 0 Å². The van der Waals surface area contributed by atoms with Gasteiger partial charge in [-0.1, -0.05) is 42.5 Å². The van der Waals surface area contributed by atoms with E-state index in [2.05, 4.69) is 4.65 Å². The largest absolute Gasteiger partial charge is 0.796 e. The molecule has 0 atom stereocenters. The molecule has 0 aliphatic carbocycles. The highest BCUT2D eigenvalue weighted by atomic mass is 19.2. The second-order valence-corrected chi connectivity index (χ2v) is 4.32. The van der Waals surface area contributed by atoms with Gasteiger partial charge in [-0.3, -0.25) is 4.79 Å². The van der Waals surface area contributed by atoms with Gasteiger partial charge in [0.15, 0.2) is 5.78 Å². The van der Waals surface area contributed by atoms with E-state index in [0.717, 1.165) is 6.08 Å². The Balaban J connectivity index is 2.38. The van der Waals surface area contributed by atoms with Gasteiger partial charge in [-0.25, -0.2) is 8.63 Å². The zero-order valence-corrected chi connectivity index (χ0v) is 11.8. The van der Waals surface area contributed by atoms with E-state index in [9.17, 15) is 13.4 Å². The van der Waals surface area contributed by atoms with E-state index in [1.54, 1.807) is 54.6 Å². The minimum absolute atomic E-state index is 0.188. The van der Waals surface area contributed by atoms with Crippen LogP contribution in [0.2, 0.25) is 0 Å². The second kappa shape index (κ2) is 7.40. The smallest absolute Gasteiger partial charge is 0.505 e. The Kier molecular flexibility index (Phi) is 5.30. The standard InChI is InChI=1S/C16H13BF2O3/c1-21-15-10-6-5-9-13(15)14(20)11-16(22-17(18)19)12-7-3-2-4-8-12/h2-11H,1H3/b16-11-. The molecule has 0 heterocycles. The van der Waals surface area contributed by atoms with E-state index in [4.69, 9.17) is 4.74 Å². The van der Waals surface area contributed by atoms with Crippen molar-refractivity contribution in [3.63, 3.8) is 0 Å². The number of ketones is 1. The van der Waals surface area contributed by atoms with Crippen molar-refractivity contribution in [1.82, 2.24) is 0 Å². The van der Waals surface area contributed by atoms with Gasteiger partial charge in [0, 0.05) is 11.6 Å². The Morgan fingerprint density at radius 1 is 1.05 bits per heavy atom. The van der Waals surface area contributed by atoms with E-state index in [1.165, 1.54) is 7.11 Å². The molecule has 0 N–H and O–H groups in total. The molecule has 0 aliphatic rings. The van der Waals surface area contributed by atoms with Crippen LogP contribution in [0.15, 0.2) is 60.7 Å². The average molecular weight is 302 g/mol. The summed E-state index contributed by atoms with van der Waals surface area (Å²) in [6.45, 7) is 0. The third-order valence-corrected chi connectivity index (χ3v) is 2.91. The first-order chi connectivity index (χ1) is 10.6. The molecule has 112 valence electrons. The Morgan fingerprint density at radius 3 is 2.32 bits per heavy atom. The summed E-state index contributed by atoms with van der Waals surface area (Å²) < 4.78 is 34.7. The van der Waals surface area contributed by atoms with Crippen molar-refractivity contribution in [1.29, 1.82) is 0 Å². The van der Waals surface area contributed by atoms with Crippen LogP contribution in [-0.2, 0) is 4.65 Å². The summed E-state index contributed by atoms with van der Waals surface area (Å²) in [6.07, 6.45) is 1.04. The molecule has 0 unspecified atom stereocenters. The van der Waals surface area contributed by atoms with Gasteiger partial charge in [-0.05, 0) is 12.1 Å². The number of hydrogen-bond acceptors (Lipinski definition) is 3. The molecule has 0 amide bonds. The number of benzene rings is 2. The Labute approximate surface area is 127 Å². The molecule has 2 aromatic carbocycles. The predicted molar refractivity (Wildman–Crippen MR) is 80.8 cm³/mol. The first-order valence-electron chi connectivity index (χ1n) is 6.51. The average Bonchev–Trinajstić information content (AvgIpc) is 2.54. The molecule has 22 heavy (non-hydrogen) atoms. The number of allylic oxidation sites excluding steroid dienone is 1. The molecule has 0 spiro atoms. The van der Waals surface area contributed by atoms with Crippen LogP contribution >= 0.6 is 0 Å². The topological polar surface area (TPSA) is 35.5 Å². The van der Waals surface area contributed by atoms with Crippen molar-refractivity contribution in [2.75, 3.05) is 7.11 Å². The Morgan fingerprint density at radius 2 is 1.68 bits per heavy atom. The first kappa shape index (κ1) is 15.8. The summed E-state index contributed by atoms with van der Waals surface area (Å²) in [5, 5.41) is 0. The van der Waals surface area contributed by atoms with E-state index in [1.807, 2.05) is 0 Å². The molecule has 2 rings (SSSR count). The van der Waals surface area contributed by atoms with Gasteiger partial charge in [0.05, 0.1) is 12.7 Å². The maximum atomic E-state index is 12.6. The molecule has 3 nitrogen and oxygen atoms in total. The number of rotatable bonds is 6. The van der Waals surface area contributed by atoms with E-state index >= 15 is 0 Å². The van der Waals surface area contributed by atoms with Gasteiger partial charge in [0.25, 0.3) is 0 Å². The molecule has 6 heteroatoms. The van der Waals surface area contributed by atoms with E-state index in [0.29, 0.717) is 11.3 Å². The molecule has 2 aromatic rings. The summed E-state index contributed by atoms with van der Waals surface area (Å²) in [4.78, 5) is 12.3. The number of carbonyl (C=O) groups excluding carboxylic acids is 1. The van der Waals surface area contributed by atoms with Crippen LogP contribution in [0.25, 0.3) is 5.76 Å². The van der Waals surface area contributed by atoms with Crippen molar-refractivity contribution < 1.29 is 22.8 Å². The lowest BCUT2D eigenvalue weighted by molar-refractivity contribution is 0.104. The highest BCUT2D eigenvalue weighted by Gasteiger charge is 2.21. The molecular formula is C16H13BF2O3.